The molecule has 1 saturated heterocycles. The van der Waals surface area contributed by atoms with Gasteiger partial charge < -0.3 is 15.1 Å². The first-order chi connectivity index (χ1) is 11.5. The fourth-order valence-corrected chi connectivity index (χ4v) is 3.17. The SMILES string of the molecule is Cc1cccc(NC(=O)N2CCN(c3ccc(Br)c(C)c3)CC2)c1. The summed E-state index contributed by atoms with van der Waals surface area (Å²) in [5.41, 5.74) is 4.44. The van der Waals surface area contributed by atoms with Crippen LogP contribution in [0.1, 0.15) is 11.1 Å². The van der Waals surface area contributed by atoms with Gasteiger partial charge in [0, 0.05) is 42.0 Å². The van der Waals surface area contributed by atoms with Gasteiger partial charge in [0.2, 0.25) is 0 Å². The third kappa shape index (κ3) is 3.90. The van der Waals surface area contributed by atoms with Gasteiger partial charge in [0.15, 0.2) is 0 Å². The van der Waals surface area contributed by atoms with Crippen LogP contribution in [0.25, 0.3) is 0 Å². The Morgan fingerprint density at radius 2 is 1.79 bits per heavy atom. The van der Waals surface area contributed by atoms with Crippen molar-refractivity contribution in [1.82, 2.24) is 4.90 Å². The Morgan fingerprint density at radius 1 is 1.04 bits per heavy atom. The number of carbonyl (C=O) groups excluding carboxylic acids is 1. The van der Waals surface area contributed by atoms with Crippen LogP contribution >= 0.6 is 15.9 Å². The van der Waals surface area contributed by atoms with Crippen LogP contribution in [0.5, 0.6) is 0 Å². The van der Waals surface area contributed by atoms with Crippen molar-refractivity contribution in [3.63, 3.8) is 0 Å². The summed E-state index contributed by atoms with van der Waals surface area (Å²) < 4.78 is 1.13. The van der Waals surface area contributed by atoms with E-state index in [0.29, 0.717) is 0 Å². The topological polar surface area (TPSA) is 35.6 Å². The lowest BCUT2D eigenvalue weighted by atomic mass is 10.2. The van der Waals surface area contributed by atoms with Gasteiger partial charge >= 0.3 is 6.03 Å². The van der Waals surface area contributed by atoms with Gasteiger partial charge in [-0.15, -0.1) is 0 Å². The molecule has 2 amide bonds. The second kappa shape index (κ2) is 7.26. The number of halogens is 1. The van der Waals surface area contributed by atoms with E-state index in [-0.39, 0.29) is 6.03 Å². The predicted octanol–water partition coefficient (Wildman–Crippen LogP) is 4.42. The predicted molar refractivity (Wildman–Crippen MR) is 103 cm³/mol. The van der Waals surface area contributed by atoms with E-state index in [0.717, 1.165) is 41.9 Å². The van der Waals surface area contributed by atoms with Crippen LogP contribution in [0.4, 0.5) is 16.2 Å². The third-order valence-electron chi connectivity index (χ3n) is 4.34. The minimum atomic E-state index is -0.0211. The molecule has 1 fully saturated rings. The number of benzene rings is 2. The van der Waals surface area contributed by atoms with E-state index >= 15 is 0 Å². The Hall–Kier alpha value is -2.01. The van der Waals surface area contributed by atoms with Gasteiger partial charge in [0.25, 0.3) is 0 Å². The molecule has 0 radical (unpaired) electrons. The quantitative estimate of drug-likeness (QED) is 0.827. The number of piperazine rings is 1. The van der Waals surface area contributed by atoms with Crippen LogP contribution in [0.3, 0.4) is 0 Å². The molecule has 3 rings (SSSR count). The molecule has 4 nitrogen and oxygen atoms in total. The van der Waals surface area contributed by atoms with Crippen molar-refractivity contribution in [3.05, 3.63) is 58.1 Å². The fraction of sp³-hybridized carbons (Fsp3) is 0.316. The second-order valence-electron chi connectivity index (χ2n) is 6.21. The van der Waals surface area contributed by atoms with Crippen LogP contribution in [-0.4, -0.2) is 37.1 Å². The molecule has 0 aliphatic carbocycles. The van der Waals surface area contributed by atoms with Crippen LogP contribution in [0.2, 0.25) is 0 Å². The molecule has 5 heteroatoms. The molecule has 2 aromatic carbocycles. The number of nitrogens with zero attached hydrogens (tertiary/aromatic N) is 2. The lowest BCUT2D eigenvalue weighted by Gasteiger charge is -2.36. The minimum absolute atomic E-state index is 0.0211. The molecule has 2 aromatic rings. The highest BCUT2D eigenvalue weighted by Gasteiger charge is 2.21. The zero-order valence-corrected chi connectivity index (χ0v) is 15.6. The van der Waals surface area contributed by atoms with Gasteiger partial charge in [-0.2, -0.15) is 0 Å². The Kier molecular flexibility index (Phi) is 5.09. The van der Waals surface area contributed by atoms with Crippen molar-refractivity contribution in [3.8, 4) is 0 Å². The van der Waals surface area contributed by atoms with Crippen molar-refractivity contribution in [2.24, 2.45) is 0 Å². The largest absolute Gasteiger partial charge is 0.368 e. The molecular formula is C19H22BrN3O. The summed E-state index contributed by atoms with van der Waals surface area (Å²) in [4.78, 5) is 16.6. The normalized spacial score (nSPS) is 14.6. The number of hydrogen-bond acceptors (Lipinski definition) is 2. The number of rotatable bonds is 2. The molecule has 1 aliphatic heterocycles. The monoisotopic (exact) mass is 387 g/mol. The van der Waals surface area contributed by atoms with Crippen molar-refractivity contribution in [2.75, 3.05) is 36.4 Å². The summed E-state index contributed by atoms with van der Waals surface area (Å²) in [6.45, 7) is 7.28. The van der Waals surface area contributed by atoms with Gasteiger partial charge in [0.05, 0.1) is 0 Å². The third-order valence-corrected chi connectivity index (χ3v) is 5.23. The van der Waals surface area contributed by atoms with Crippen LogP contribution < -0.4 is 10.2 Å². The first-order valence-electron chi connectivity index (χ1n) is 8.16. The average Bonchev–Trinajstić information content (AvgIpc) is 2.57. The summed E-state index contributed by atoms with van der Waals surface area (Å²) in [5.74, 6) is 0. The number of anilines is 2. The van der Waals surface area contributed by atoms with Crippen molar-refractivity contribution in [2.45, 2.75) is 13.8 Å². The molecule has 0 spiro atoms. The van der Waals surface area contributed by atoms with Gasteiger partial charge in [0.1, 0.15) is 0 Å². The molecular weight excluding hydrogens is 366 g/mol. The zero-order chi connectivity index (χ0) is 17.1. The van der Waals surface area contributed by atoms with Crippen LogP contribution in [0, 0.1) is 13.8 Å². The highest BCUT2D eigenvalue weighted by molar-refractivity contribution is 9.10. The average molecular weight is 388 g/mol. The standard InChI is InChI=1S/C19H22BrN3O/c1-14-4-3-5-16(12-14)21-19(24)23-10-8-22(9-11-23)17-6-7-18(20)15(2)13-17/h3-7,12-13H,8-11H2,1-2H3,(H,21,24). The maximum absolute atomic E-state index is 12.4. The molecule has 0 aromatic heterocycles. The molecule has 1 aliphatic rings. The maximum Gasteiger partial charge on any atom is 0.321 e. The first kappa shape index (κ1) is 16.8. The number of nitrogens with one attached hydrogen (secondary N) is 1. The highest BCUT2D eigenvalue weighted by atomic mass is 79.9. The van der Waals surface area contributed by atoms with Gasteiger partial charge in [-0.05, 0) is 55.3 Å². The van der Waals surface area contributed by atoms with E-state index in [1.54, 1.807) is 0 Å². The van der Waals surface area contributed by atoms with E-state index in [4.69, 9.17) is 0 Å². The Balaban J connectivity index is 1.58. The lowest BCUT2D eigenvalue weighted by molar-refractivity contribution is 0.208. The molecule has 0 unspecified atom stereocenters. The summed E-state index contributed by atoms with van der Waals surface area (Å²) in [7, 11) is 0. The highest BCUT2D eigenvalue weighted by Crippen LogP contribution is 2.24. The number of hydrogen-bond donors (Lipinski definition) is 1. The lowest BCUT2D eigenvalue weighted by Crippen LogP contribution is -2.50. The smallest absolute Gasteiger partial charge is 0.321 e. The molecule has 1 heterocycles. The molecule has 24 heavy (non-hydrogen) atoms. The van der Waals surface area contributed by atoms with Crippen molar-refractivity contribution >= 4 is 33.3 Å². The second-order valence-corrected chi connectivity index (χ2v) is 7.06. The van der Waals surface area contributed by atoms with Gasteiger partial charge in [-0.1, -0.05) is 28.1 Å². The van der Waals surface area contributed by atoms with E-state index in [1.165, 1.54) is 11.3 Å². The van der Waals surface area contributed by atoms with E-state index in [2.05, 4.69) is 51.3 Å². The Morgan fingerprint density at radius 3 is 2.46 bits per heavy atom. The van der Waals surface area contributed by atoms with Crippen molar-refractivity contribution in [1.29, 1.82) is 0 Å². The summed E-state index contributed by atoms with van der Waals surface area (Å²) >= 11 is 3.54. The van der Waals surface area contributed by atoms with E-state index in [1.807, 2.05) is 36.1 Å². The summed E-state index contributed by atoms with van der Waals surface area (Å²) in [6, 6.07) is 14.3. The Labute approximate surface area is 151 Å². The number of aryl methyl sites for hydroxylation is 2. The molecule has 0 bridgehead atoms. The molecule has 126 valence electrons. The number of carbonyl (C=O) groups is 1. The van der Waals surface area contributed by atoms with E-state index in [9.17, 15) is 4.79 Å². The van der Waals surface area contributed by atoms with Crippen LogP contribution in [-0.2, 0) is 0 Å². The minimum Gasteiger partial charge on any atom is -0.368 e. The molecule has 0 saturated carbocycles. The van der Waals surface area contributed by atoms with Gasteiger partial charge in [-0.25, -0.2) is 4.79 Å². The first-order valence-corrected chi connectivity index (χ1v) is 8.96. The zero-order valence-electron chi connectivity index (χ0n) is 14.1. The Bertz CT molecular complexity index is 739. The number of amides is 2. The molecule has 0 atom stereocenters. The van der Waals surface area contributed by atoms with Crippen LogP contribution in [0.15, 0.2) is 46.9 Å². The van der Waals surface area contributed by atoms with Gasteiger partial charge in [-0.3, -0.25) is 0 Å². The summed E-state index contributed by atoms with van der Waals surface area (Å²) in [5, 5.41) is 2.99. The van der Waals surface area contributed by atoms with Crippen molar-refractivity contribution < 1.29 is 4.79 Å². The maximum atomic E-state index is 12.4. The fourth-order valence-electron chi connectivity index (χ4n) is 2.92. The molecule has 1 N–H and O–H groups in total. The summed E-state index contributed by atoms with van der Waals surface area (Å²) in [6.07, 6.45) is 0. The van der Waals surface area contributed by atoms with E-state index < -0.39 is 0 Å². The number of urea groups is 1.